The van der Waals surface area contributed by atoms with Gasteiger partial charge in [-0.2, -0.15) is 0 Å². The van der Waals surface area contributed by atoms with E-state index in [0.717, 1.165) is 42.8 Å². The number of rotatable bonds is 5. The Morgan fingerprint density at radius 1 is 0.824 bits per heavy atom. The number of halogens is 6. The highest BCUT2D eigenvalue weighted by Crippen LogP contribution is 2.36. The van der Waals surface area contributed by atoms with Crippen LogP contribution in [0.1, 0.15) is 41.2 Å². The molecule has 0 aliphatic carbocycles. The van der Waals surface area contributed by atoms with Gasteiger partial charge in [-0.15, -0.1) is 6.58 Å². The number of benzene rings is 3. The topological polar surface area (TPSA) is 9.23 Å². The Labute approximate surface area is 193 Å². The average Bonchev–Trinajstić information content (AvgIpc) is 2.79. The first kappa shape index (κ1) is 24.1. The molecule has 1 saturated heterocycles. The summed E-state index contributed by atoms with van der Waals surface area (Å²) in [5, 5.41) is 0. The minimum absolute atomic E-state index is 0.0269. The van der Waals surface area contributed by atoms with Crippen molar-refractivity contribution in [3.05, 3.63) is 106 Å². The molecule has 1 aliphatic heterocycles. The van der Waals surface area contributed by atoms with Crippen molar-refractivity contribution in [2.45, 2.75) is 32.3 Å². The van der Waals surface area contributed by atoms with Gasteiger partial charge in [-0.25, -0.2) is 26.3 Å². The predicted molar refractivity (Wildman–Crippen MR) is 117 cm³/mol. The zero-order valence-corrected chi connectivity index (χ0v) is 18.4. The highest BCUT2D eigenvalue weighted by atomic mass is 19.2. The first-order chi connectivity index (χ1) is 16.2. The Morgan fingerprint density at radius 2 is 1.41 bits per heavy atom. The monoisotopic (exact) mass is 476 g/mol. The second-order valence-corrected chi connectivity index (χ2v) is 8.53. The molecule has 0 amide bonds. The van der Waals surface area contributed by atoms with Crippen molar-refractivity contribution >= 4 is 0 Å². The molecule has 0 bridgehead atoms. The fourth-order valence-electron chi connectivity index (χ4n) is 4.20. The second kappa shape index (κ2) is 9.66. The lowest BCUT2D eigenvalue weighted by Gasteiger charge is -2.28. The van der Waals surface area contributed by atoms with E-state index in [1.807, 2.05) is 0 Å². The third kappa shape index (κ3) is 4.75. The van der Waals surface area contributed by atoms with Gasteiger partial charge in [0.05, 0.1) is 18.3 Å². The second-order valence-electron chi connectivity index (χ2n) is 8.53. The minimum atomic E-state index is -1.08. The van der Waals surface area contributed by atoms with Crippen molar-refractivity contribution in [1.29, 1.82) is 0 Å². The zero-order chi connectivity index (χ0) is 24.6. The van der Waals surface area contributed by atoms with Crippen LogP contribution in [0.3, 0.4) is 0 Å². The molecule has 1 fully saturated rings. The van der Waals surface area contributed by atoms with Gasteiger partial charge >= 0.3 is 0 Å². The Balaban J connectivity index is 1.63. The zero-order valence-electron chi connectivity index (χ0n) is 18.4. The van der Waals surface area contributed by atoms with Crippen LogP contribution in [0.15, 0.2) is 49.1 Å². The van der Waals surface area contributed by atoms with E-state index >= 15 is 0 Å². The van der Waals surface area contributed by atoms with Gasteiger partial charge < -0.3 is 4.74 Å². The van der Waals surface area contributed by atoms with Gasteiger partial charge in [0.15, 0.2) is 0 Å². The Kier molecular flexibility index (Phi) is 6.84. The van der Waals surface area contributed by atoms with Crippen LogP contribution in [0.2, 0.25) is 0 Å². The average molecular weight is 476 g/mol. The molecule has 4 rings (SSSR count). The summed E-state index contributed by atoms with van der Waals surface area (Å²) >= 11 is 0. The van der Waals surface area contributed by atoms with E-state index in [1.165, 1.54) is 6.92 Å². The lowest BCUT2D eigenvalue weighted by molar-refractivity contribution is -0.00543. The Hall–Kier alpha value is -3.06. The minimum Gasteiger partial charge on any atom is -0.373 e. The van der Waals surface area contributed by atoms with Crippen LogP contribution in [-0.4, -0.2) is 6.61 Å². The molecule has 3 aromatic carbocycles. The Morgan fingerprint density at radius 3 is 1.91 bits per heavy atom. The summed E-state index contributed by atoms with van der Waals surface area (Å²) in [4.78, 5) is 0. The molecule has 2 atom stereocenters. The number of hydrogen-bond acceptors (Lipinski definition) is 1. The molecule has 0 N–H and O–H groups in total. The molecule has 1 nitrogen and oxygen atoms in total. The third-order valence-electron chi connectivity index (χ3n) is 6.23. The van der Waals surface area contributed by atoms with E-state index < -0.39 is 58.6 Å². The molecule has 1 heterocycles. The van der Waals surface area contributed by atoms with E-state index in [-0.39, 0.29) is 22.6 Å². The van der Waals surface area contributed by atoms with E-state index in [9.17, 15) is 26.3 Å². The van der Waals surface area contributed by atoms with Crippen LogP contribution in [-0.2, 0) is 11.2 Å². The van der Waals surface area contributed by atoms with Crippen LogP contribution in [0.4, 0.5) is 26.3 Å². The van der Waals surface area contributed by atoms with Gasteiger partial charge in [-0.1, -0.05) is 6.08 Å². The molecule has 0 saturated carbocycles. The summed E-state index contributed by atoms with van der Waals surface area (Å²) in [6, 6.07) is 5.83. The van der Waals surface area contributed by atoms with Gasteiger partial charge in [0, 0.05) is 23.5 Å². The Bertz CT molecular complexity index is 1170. The summed E-state index contributed by atoms with van der Waals surface area (Å²) in [7, 11) is 0. The maximum absolute atomic E-state index is 14.9. The normalized spacial score (nSPS) is 18.2. The molecule has 178 valence electrons. The molecule has 3 aromatic rings. The van der Waals surface area contributed by atoms with Gasteiger partial charge in [0.25, 0.3) is 0 Å². The van der Waals surface area contributed by atoms with Gasteiger partial charge in [-0.3, -0.25) is 0 Å². The molecular formula is C27H22F6O. The van der Waals surface area contributed by atoms with Crippen molar-refractivity contribution in [2.75, 3.05) is 6.61 Å². The maximum Gasteiger partial charge on any atom is 0.134 e. The number of hydrogen-bond donors (Lipinski definition) is 0. The standard InChI is InChI=1S/C27H22F6O/c1-3-15-4-5-26(34-13-15)17-9-24(32)27(25(33)10-17)18-11-22(30)19(23(31)12-18)6-16-7-20(28)14(2)21(29)8-16/h3,7-12,15,26H,1,4-6,13H2,2H3. The summed E-state index contributed by atoms with van der Waals surface area (Å²) < 4.78 is 92.6. The van der Waals surface area contributed by atoms with E-state index in [4.69, 9.17) is 4.74 Å². The first-order valence-electron chi connectivity index (χ1n) is 10.8. The first-order valence-corrected chi connectivity index (χ1v) is 10.8. The molecule has 7 heteroatoms. The van der Waals surface area contributed by atoms with Crippen LogP contribution >= 0.6 is 0 Å². The molecular weight excluding hydrogens is 454 g/mol. The molecule has 1 aliphatic rings. The highest BCUT2D eigenvalue weighted by molar-refractivity contribution is 5.66. The highest BCUT2D eigenvalue weighted by Gasteiger charge is 2.25. The molecule has 0 aromatic heterocycles. The fraction of sp³-hybridized carbons (Fsp3) is 0.259. The van der Waals surface area contributed by atoms with E-state index in [2.05, 4.69) is 6.58 Å². The summed E-state index contributed by atoms with van der Waals surface area (Å²) in [5.74, 6) is -5.59. The largest absolute Gasteiger partial charge is 0.373 e. The van der Waals surface area contributed by atoms with Crippen LogP contribution in [0, 0.1) is 47.7 Å². The fourth-order valence-corrected chi connectivity index (χ4v) is 4.20. The number of ether oxygens (including phenoxy) is 1. The third-order valence-corrected chi connectivity index (χ3v) is 6.23. The van der Waals surface area contributed by atoms with Crippen LogP contribution in [0.5, 0.6) is 0 Å². The van der Waals surface area contributed by atoms with E-state index in [1.54, 1.807) is 6.08 Å². The molecule has 0 radical (unpaired) electrons. The van der Waals surface area contributed by atoms with Gasteiger partial charge in [-0.05, 0) is 72.9 Å². The van der Waals surface area contributed by atoms with Gasteiger partial charge in [0.1, 0.15) is 34.9 Å². The summed E-state index contributed by atoms with van der Waals surface area (Å²) in [6.07, 6.45) is 2.19. The van der Waals surface area contributed by atoms with Crippen LogP contribution < -0.4 is 0 Å². The van der Waals surface area contributed by atoms with Crippen molar-refractivity contribution in [3.8, 4) is 11.1 Å². The van der Waals surface area contributed by atoms with Gasteiger partial charge in [0.2, 0.25) is 0 Å². The van der Waals surface area contributed by atoms with E-state index in [0.29, 0.717) is 18.6 Å². The molecule has 34 heavy (non-hydrogen) atoms. The summed E-state index contributed by atoms with van der Waals surface area (Å²) in [6.45, 7) is 5.36. The smallest absolute Gasteiger partial charge is 0.134 e. The van der Waals surface area contributed by atoms with Crippen molar-refractivity contribution < 1.29 is 31.1 Å². The lowest BCUT2D eigenvalue weighted by Crippen LogP contribution is -2.19. The summed E-state index contributed by atoms with van der Waals surface area (Å²) in [5.41, 5.74) is -1.22. The van der Waals surface area contributed by atoms with Crippen LogP contribution in [0.25, 0.3) is 11.1 Å². The van der Waals surface area contributed by atoms with Crippen molar-refractivity contribution in [3.63, 3.8) is 0 Å². The van der Waals surface area contributed by atoms with Crippen molar-refractivity contribution in [1.82, 2.24) is 0 Å². The lowest BCUT2D eigenvalue weighted by atomic mass is 9.92. The molecule has 2 unspecified atom stereocenters. The predicted octanol–water partition coefficient (Wildman–Crippen LogP) is 7.74. The van der Waals surface area contributed by atoms with Crippen molar-refractivity contribution in [2.24, 2.45) is 5.92 Å². The quantitative estimate of drug-likeness (QED) is 0.270. The molecule has 0 spiro atoms. The SMILES string of the molecule is C=CC1CCC(c2cc(F)c(-c3cc(F)c(Cc4cc(F)c(C)c(F)c4)c(F)c3)c(F)c2)OC1. The maximum atomic E-state index is 14.9.